The SMILES string of the molecule is CCOC(=O)C1CCN(CCC(=O)Nc2ccccc2-c2ccccc2)CC1. The number of amides is 1. The highest BCUT2D eigenvalue weighted by Crippen LogP contribution is 2.27. The second kappa shape index (κ2) is 10.0. The van der Waals surface area contributed by atoms with Crippen LogP contribution in [0.5, 0.6) is 0 Å². The number of piperidine rings is 1. The first kappa shape index (κ1) is 20.1. The van der Waals surface area contributed by atoms with Crippen molar-refractivity contribution in [3.63, 3.8) is 0 Å². The summed E-state index contributed by atoms with van der Waals surface area (Å²) in [5.41, 5.74) is 2.94. The Morgan fingerprint density at radius 1 is 1.04 bits per heavy atom. The lowest BCUT2D eigenvalue weighted by atomic mass is 9.97. The number of hydrogen-bond acceptors (Lipinski definition) is 4. The first-order valence-electron chi connectivity index (χ1n) is 10.0. The molecule has 0 aromatic heterocycles. The van der Waals surface area contributed by atoms with Crippen LogP contribution in [0, 0.1) is 5.92 Å². The molecule has 5 heteroatoms. The zero-order valence-corrected chi connectivity index (χ0v) is 16.4. The zero-order valence-electron chi connectivity index (χ0n) is 16.4. The lowest BCUT2D eigenvalue weighted by molar-refractivity contribution is -0.149. The van der Waals surface area contributed by atoms with Gasteiger partial charge in [-0.1, -0.05) is 48.5 Å². The summed E-state index contributed by atoms with van der Waals surface area (Å²) >= 11 is 0. The Labute approximate surface area is 166 Å². The molecule has 28 heavy (non-hydrogen) atoms. The molecule has 0 saturated carbocycles. The van der Waals surface area contributed by atoms with E-state index in [1.165, 1.54) is 0 Å². The van der Waals surface area contributed by atoms with E-state index >= 15 is 0 Å². The van der Waals surface area contributed by atoms with E-state index in [4.69, 9.17) is 4.74 Å². The Kier molecular flexibility index (Phi) is 7.20. The molecule has 0 aliphatic carbocycles. The third kappa shape index (κ3) is 5.42. The number of nitrogens with one attached hydrogen (secondary N) is 1. The molecular weight excluding hydrogens is 352 g/mol. The third-order valence-electron chi connectivity index (χ3n) is 5.15. The lowest BCUT2D eigenvalue weighted by Gasteiger charge is -2.30. The topological polar surface area (TPSA) is 58.6 Å². The van der Waals surface area contributed by atoms with Crippen molar-refractivity contribution in [3.8, 4) is 11.1 Å². The number of anilines is 1. The quantitative estimate of drug-likeness (QED) is 0.739. The summed E-state index contributed by atoms with van der Waals surface area (Å²) < 4.78 is 5.11. The van der Waals surface area contributed by atoms with Gasteiger partial charge in [-0.3, -0.25) is 9.59 Å². The van der Waals surface area contributed by atoms with Gasteiger partial charge in [0.15, 0.2) is 0 Å². The minimum atomic E-state index is -0.0857. The highest BCUT2D eigenvalue weighted by atomic mass is 16.5. The molecule has 1 aliphatic rings. The highest BCUT2D eigenvalue weighted by Gasteiger charge is 2.26. The number of nitrogens with zero attached hydrogens (tertiary/aromatic N) is 1. The molecule has 2 aromatic rings. The Morgan fingerprint density at radius 2 is 1.71 bits per heavy atom. The summed E-state index contributed by atoms with van der Waals surface area (Å²) in [4.78, 5) is 26.6. The van der Waals surface area contributed by atoms with Crippen molar-refractivity contribution in [1.82, 2.24) is 4.90 Å². The van der Waals surface area contributed by atoms with E-state index in [-0.39, 0.29) is 17.8 Å². The van der Waals surface area contributed by atoms with E-state index < -0.39 is 0 Å². The van der Waals surface area contributed by atoms with Crippen LogP contribution in [0.15, 0.2) is 54.6 Å². The molecule has 148 valence electrons. The van der Waals surface area contributed by atoms with Gasteiger partial charge in [0.25, 0.3) is 0 Å². The maximum Gasteiger partial charge on any atom is 0.309 e. The first-order chi connectivity index (χ1) is 13.7. The molecule has 1 heterocycles. The Balaban J connectivity index is 1.49. The largest absolute Gasteiger partial charge is 0.466 e. The fourth-order valence-electron chi connectivity index (χ4n) is 3.59. The Morgan fingerprint density at radius 3 is 2.43 bits per heavy atom. The van der Waals surface area contributed by atoms with E-state index in [0.717, 1.165) is 42.7 Å². The van der Waals surface area contributed by atoms with Crippen LogP contribution in [0.3, 0.4) is 0 Å². The van der Waals surface area contributed by atoms with E-state index in [2.05, 4.69) is 10.2 Å². The average Bonchev–Trinajstić information content (AvgIpc) is 2.74. The van der Waals surface area contributed by atoms with Crippen molar-refractivity contribution < 1.29 is 14.3 Å². The van der Waals surface area contributed by atoms with E-state index in [9.17, 15) is 9.59 Å². The molecule has 0 spiro atoms. The first-order valence-corrected chi connectivity index (χ1v) is 10.0. The minimum absolute atomic E-state index is 0.00257. The van der Waals surface area contributed by atoms with E-state index in [1.54, 1.807) is 0 Å². The number of esters is 1. The number of rotatable bonds is 7. The molecule has 0 atom stereocenters. The maximum atomic E-state index is 12.5. The van der Waals surface area contributed by atoms with Crippen molar-refractivity contribution in [3.05, 3.63) is 54.6 Å². The lowest BCUT2D eigenvalue weighted by Crippen LogP contribution is -2.38. The molecule has 5 nitrogen and oxygen atoms in total. The number of ether oxygens (including phenoxy) is 1. The molecule has 0 unspecified atom stereocenters. The molecule has 1 fully saturated rings. The van der Waals surface area contributed by atoms with Gasteiger partial charge in [0.2, 0.25) is 5.91 Å². The third-order valence-corrected chi connectivity index (χ3v) is 5.15. The van der Waals surface area contributed by atoms with Gasteiger partial charge in [0.1, 0.15) is 0 Å². The average molecular weight is 380 g/mol. The summed E-state index contributed by atoms with van der Waals surface area (Å²) in [6.07, 6.45) is 2.04. The predicted molar refractivity (Wildman–Crippen MR) is 111 cm³/mol. The van der Waals surface area contributed by atoms with Crippen molar-refractivity contribution in [2.75, 3.05) is 31.6 Å². The molecular formula is C23H28N2O3. The van der Waals surface area contributed by atoms with E-state index in [0.29, 0.717) is 19.6 Å². The summed E-state index contributed by atoms with van der Waals surface area (Å²) in [7, 11) is 0. The molecule has 0 bridgehead atoms. The van der Waals surface area contributed by atoms with Crippen LogP contribution in [0.25, 0.3) is 11.1 Å². The standard InChI is InChI=1S/C23H28N2O3/c1-2-28-23(27)19-12-15-25(16-13-19)17-14-22(26)24-21-11-7-6-10-20(21)18-8-4-3-5-9-18/h3-11,19H,2,12-17H2,1H3,(H,24,26). The molecule has 3 rings (SSSR count). The Bertz CT molecular complexity index is 783. The second-order valence-electron chi connectivity index (χ2n) is 7.08. The maximum absolute atomic E-state index is 12.5. The van der Waals surface area contributed by atoms with Gasteiger partial charge in [-0.15, -0.1) is 0 Å². The molecule has 1 N–H and O–H groups in total. The van der Waals surface area contributed by atoms with Crippen LogP contribution < -0.4 is 5.32 Å². The number of carbonyl (C=O) groups is 2. The number of benzene rings is 2. The molecule has 1 saturated heterocycles. The van der Waals surface area contributed by atoms with Gasteiger partial charge in [0.05, 0.1) is 12.5 Å². The summed E-state index contributed by atoms with van der Waals surface area (Å²) in [6, 6.07) is 17.9. The summed E-state index contributed by atoms with van der Waals surface area (Å²) in [6.45, 7) is 4.63. The molecule has 1 amide bonds. The summed E-state index contributed by atoms with van der Waals surface area (Å²) in [5.74, 6) is -0.0731. The van der Waals surface area contributed by atoms with Gasteiger partial charge in [0, 0.05) is 24.2 Å². The monoisotopic (exact) mass is 380 g/mol. The van der Waals surface area contributed by atoms with Crippen molar-refractivity contribution in [2.45, 2.75) is 26.2 Å². The van der Waals surface area contributed by atoms with Gasteiger partial charge < -0.3 is 15.0 Å². The molecule has 1 aliphatic heterocycles. The van der Waals surface area contributed by atoms with Gasteiger partial charge in [-0.2, -0.15) is 0 Å². The number of hydrogen-bond donors (Lipinski definition) is 1. The fourth-order valence-corrected chi connectivity index (χ4v) is 3.59. The number of carbonyl (C=O) groups excluding carboxylic acids is 2. The van der Waals surface area contributed by atoms with Crippen LogP contribution in [-0.4, -0.2) is 43.0 Å². The Hall–Kier alpha value is -2.66. The zero-order chi connectivity index (χ0) is 19.8. The fraction of sp³-hybridized carbons (Fsp3) is 0.391. The van der Waals surface area contributed by atoms with Crippen molar-refractivity contribution in [2.24, 2.45) is 5.92 Å². The molecule has 2 aromatic carbocycles. The van der Waals surface area contributed by atoms with Crippen LogP contribution in [0.1, 0.15) is 26.2 Å². The van der Waals surface area contributed by atoms with Crippen LogP contribution >= 0.6 is 0 Å². The second-order valence-corrected chi connectivity index (χ2v) is 7.08. The predicted octanol–water partition coefficient (Wildman–Crippen LogP) is 3.96. The van der Waals surface area contributed by atoms with Gasteiger partial charge >= 0.3 is 5.97 Å². The van der Waals surface area contributed by atoms with Crippen molar-refractivity contribution >= 4 is 17.6 Å². The smallest absolute Gasteiger partial charge is 0.309 e. The van der Waals surface area contributed by atoms with E-state index in [1.807, 2.05) is 61.5 Å². The van der Waals surface area contributed by atoms with Crippen LogP contribution in [-0.2, 0) is 14.3 Å². The van der Waals surface area contributed by atoms with Crippen LogP contribution in [0.4, 0.5) is 5.69 Å². The van der Waals surface area contributed by atoms with Gasteiger partial charge in [-0.05, 0) is 44.5 Å². The van der Waals surface area contributed by atoms with Crippen molar-refractivity contribution in [1.29, 1.82) is 0 Å². The minimum Gasteiger partial charge on any atom is -0.466 e. The van der Waals surface area contributed by atoms with Crippen LogP contribution in [0.2, 0.25) is 0 Å². The molecule has 0 radical (unpaired) electrons. The summed E-state index contributed by atoms with van der Waals surface area (Å²) in [5, 5.41) is 3.05. The highest BCUT2D eigenvalue weighted by molar-refractivity contribution is 5.95. The van der Waals surface area contributed by atoms with Gasteiger partial charge in [-0.25, -0.2) is 0 Å². The number of para-hydroxylation sites is 1. The number of likely N-dealkylation sites (tertiary alicyclic amines) is 1. The normalized spacial score (nSPS) is 15.2.